The molecule has 2 N–H and O–H groups in total. The Kier molecular flexibility index (Phi) is 7.08. The Balaban J connectivity index is 1.85. The van der Waals surface area contributed by atoms with Crippen LogP contribution in [0.25, 0.3) is 0 Å². The molecule has 29 heavy (non-hydrogen) atoms. The molecular formula is C21H18BrClN2O3S. The maximum absolute atomic E-state index is 12.9. The molecule has 0 bridgehead atoms. The highest BCUT2D eigenvalue weighted by atomic mass is 79.9. The molecule has 0 saturated heterocycles. The Hall–Kier alpha value is -2.19. The summed E-state index contributed by atoms with van der Waals surface area (Å²) in [6.45, 7) is 0. The van der Waals surface area contributed by atoms with Crippen LogP contribution in [0.3, 0.4) is 0 Å². The molecule has 0 spiro atoms. The first-order valence-electron chi connectivity index (χ1n) is 8.72. The van der Waals surface area contributed by atoms with Gasteiger partial charge in [0, 0.05) is 15.2 Å². The van der Waals surface area contributed by atoms with E-state index in [1.807, 2.05) is 30.3 Å². The second kappa shape index (κ2) is 9.54. The predicted molar refractivity (Wildman–Crippen MR) is 118 cm³/mol. The molecule has 0 aliphatic rings. The average molecular weight is 494 g/mol. The molecule has 0 radical (unpaired) electrons. The normalized spacial score (nSPS) is 12.3. The number of halogens is 2. The largest absolute Gasteiger partial charge is 0.325 e. The molecule has 5 nitrogen and oxygen atoms in total. The van der Waals surface area contributed by atoms with Crippen LogP contribution in [0, 0.1) is 0 Å². The quantitative estimate of drug-likeness (QED) is 0.504. The van der Waals surface area contributed by atoms with Gasteiger partial charge in [0.15, 0.2) is 0 Å². The van der Waals surface area contributed by atoms with Crippen molar-refractivity contribution in [3.63, 3.8) is 0 Å². The molecule has 0 aliphatic carbocycles. The van der Waals surface area contributed by atoms with Crippen molar-refractivity contribution in [2.45, 2.75) is 17.4 Å². The molecule has 3 rings (SSSR count). The molecule has 1 amide bonds. The lowest BCUT2D eigenvalue weighted by atomic mass is 10.1. The van der Waals surface area contributed by atoms with E-state index >= 15 is 0 Å². The Morgan fingerprint density at radius 2 is 1.66 bits per heavy atom. The Morgan fingerprint density at radius 3 is 2.31 bits per heavy atom. The fourth-order valence-corrected chi connectivity index (χ4v) is 4.35. The second-order valence-electron chi connectivity index (χ2n) is 6.32. The molecule has 0 fully saturated rings. The molecule has 3 aromatic carbocycles. The van der Waals surface area contributed by atoms with Crippen molar-refractivity contribution in [1.82, 2.24) is 4.72 Å². The number of sulfonamides is 1. The first-order chi connectivity index (χ1) is 13.8. The summed E-state index contributed by atoms with van der Waals surface area (Å²) in [4.78, 5) is 13.0. The minimum absolute atomic E-state index is 0.0781. The molecular weight excluding hydrogens is 476 g/mol. The monoisotopic (exact) mass is 492 g/mol. The van der Waals surface area contributed by atoms with Gasteiger partial charge < -0.3 is 5.32 Å². The van der Waals surface area contributed by atoms with Crippen LogP contribution in [0.4, 0.5) is 5.69 Å². The summed E-state index contributed by atoms with van der Waals surface area (Å²) < 4.78 is 28.9. The Labute approximate surface area is 183 Å². The third-order valence-electron chi connectivity index (χ3n) is 4.11. The highest BCUT2D eigenvalue weighted by molar-refractivity contribution is 9.10. The zero-order valence-electron chi connectivity index (χ0n) is 15.2. The van der Waals surface area contributed by atoms with Crippen LogP contribution in [-0.4, -0.2) is 20.4 Å². The lowest BCUT2D eigenvalue weighted by molar-refractivity contribution is -0.117. The number of rotatable bonds is 7. The lowest BCUT2D eigenvalue weighted by Gasteiger charge is -2.19. The number of carbonyl (C=O) groups excluding carboxylic acids is 1. The van der Waals surface area contributed by atoms with E-state index in [4.69, 9.17) is 11.6 Å². The van der Waals surface area contributed by atoms with E-state index in [9.17, 15) is 13.2 Å². The van der Waals surface area contributed by atoms with Crippen LogP contribution in [-0.2, 0) is 21.2 Å². The van der Waals surface area contributed by atoms with E-state index in [-0.39, 0.29) is 11.3 Å². The predicted octanol–water partition coefficient (Wildman–Crippen LogP) is 4.63. The number of anilines is 1. The van der Waals surface area contributed by atoms with Crippen molar-refractivity contribution in [2.75, 3.05) is 5.32 Å². The molecule has 0 heterocycles. The van der Waals surface area contributed by atoms with Crippen LogP contribution in [0.2, 0.25) is 5.02 Å². The van der Waals surface area contributed by atoms with E-state index in [0.29, 0.717) is 10.7 Å². The summed E-state index contributed by atoms with van der Waals surface area (Å²) in [6.07, 6.45) is 0.197. The van der Waals surface area contributed by atoms with Gasteiger partial charge in [0.2, 0.25) is 15.9 Å². The molecule has 0 aromatic heterocycles. The van der Waals surface area contributed by atoms with Gasteiger partial charge in [-0.05, 0) is 54.4 Å². The molecule has 8 heteroatoms. The number of nitrogens with one attached hydrogen (secondary N) is 2. The second-order valence-corrected chi connectivity index (χ2v) is 9.38. The third kappa shape index (κ3) is 6.14. The maximum Gasteiger partial charge on any atom is 0.242 e. The summed E-state index contributed by atoms with van der Waals surface area (Å²) >= 11 is 9.25. The highest BCUT2D eigenvalue weighted by Crippen LogP contribution is 2.18. The van der Waals surface area contributed by atoms with Gasteiger partial charge in [0.1, 0.15) is 6.04 Å². The van der Waals surface area contributed by atoms with E-state index in [2.05, 4.69) is 26.0 Å². The van der Waals surface area contributed by atoms with Gasteiger partial charge in [-0.25, -0.2) is 8.42 Å². The topological polar surface area (TPSA) is 75.3 Å². The van der Waals surface area contributed by atoms with Crippen LogP contribution in [0.1, 0.15) is 5.56 Å². The third-order valence-corrected chi connectivity index (χ3v) is 6.36. The molecule has 0 aliphatic heterocycles. The molecule has 0 saturated carbocycles. The van der Waals surface area contributed by atoms with Crippen molar-refractivity contribution in [3.05, 3.63) is 93.9 Å². The van der Waals surface area contributed by atoms with E-state index in [1.165, 1.54) is 12.1 Å². The van der Waals surface area contributed by atoms with Gasteiger partial charge in [0.05, 0.1) is 4.90 Å². The van der Waals surface area contributed by atoms with Crippen LogP contribution >= 0.6 is 27.5 Å². The first kappa shape index (κ1) is 21.5. The molecule has 150 valence electrons. The lowest BCUT2D eigenvalue weighted by Crippen LogP contribution is -2.45. The first-order valence-corrected chi connectivity index (χ1v) is 11.4. The molecule has 0 unspecified atom stereocenters. The zero-order valence-corrected chi connectivity index (χ0v) is 18.3. The van der Waals surface area contributed by atoms with E-state index in [0.717, 1.165) is 10.0 Å². The van der Waals surface area contributed by atoms with Gasteiger partial charge in [-0.2, -0.15) is 4.72 Å². The van der Waals surface area contributed by atoms with Gasteiger partial charge in [0.25, 0.3) is 0 Å². The van der Waals surface area contributed by atoms with Crippen molar-refractivity contribution in [2.24, 2.45) is 0 Å². The van der Waals surface area contributed by atoms with Gasteiger partial charge in [-0.15, -0.1) is 0 Å². The maximum atomic E-state index is 12.9. The Bertz CT molecular complexity index is 1090. The fraction of sp³-hybridized carbons (Fsp3) is 0.0952. The van der Waals surface area contributed by atoms with E-state index < -0.39 is 22.0 Å². The van der Waals surface area contributed by atoms with Crippen molar-refractivity contribution in [3.8, 4) is 0 Å². The summed E-state index contributed by atoms with van der Waals surface area (Å²) in [5.74, 6) is -0.475. The molecule has 1 atom stereocenters. The van der Waals surface area contributed by atoms with Crippen LogP contribution < -0.4 is 10.0 Å². The summed E-state index contributed by atoms with van der Waals surface area (Å²) in [7, 11) is -3.90. The summed E-state index contributed by atoms with van der Waals surface area (Å²) in [6, 6.07) is 21.1. The van der Waals surface area contributed by atoms with Crippen molar-refractivity contribution < 1.29 is 13.2 Å². The number of hydrogen-bond acceptors (Lipinski definition) is 3. The smallest absolute Gasteiger partial charge is 0.242 e. The SMILES string of the molecule is O=C(Nc1cccc(Cl)c1)[C@@H](Cc1ccccc1)NS(=O)(=O)c1ccc(Br)cc1. The standard InChI is InChI=1S/C21H18BrClN2O3S/c22-16-9-11-19(12-10-16)29(27,28)25-20(13-15-5-2-1-3-6-15)21(26)24-18-8-4-7-17(23)14-18/h1-12,14,20,25H,13H2,(H,24,26)/t20-/m1/s1. The van der Waals surface area contributed by atoms with Crippen LogP contribution in [0.5, 0.6) is 0 Å². The van der Waals surface area contributed by atoms with Gasteiger partial charge >= 0.3 is 0 Å². The summed E-state index contributed by atoms with van der Waals surface area (Å²) in [5, 5.41) is 3.20. The number of hydrogen-bond donors (Lipinski definition) is 2. The zero-order chi connectivity index (χ0) is 20.9. The van der Waals surface area contributed by atoms with Crippen LogP contribution in [0.15, 0.2) is 88.2 Å². The number of benzene rings is 3. The number of carbonyl (C=O) groups is 1. The summed E-state index contributed by atoms with van der Waals surface area (Å²) in [5.41, 5.74) is 1.32. The van der Waals surface area contributed by atoms with E-state index in [1.54, 1.807) is 36.4 Å². The number of amides is 1. The van der Waals surface area contributed by atoms with Crippen molar-refractivity contribution >= 4 is 49.1 Å². The fourth-order valence-electron chi connectivity index (χ4n) is 2.70. The van der Waals surface area contributed by atoms with Gasteiger partial charge in [-0.3, -0.25) is 4.79 Å². The minimum atomic E-state index is -3.90. The van der Waals surface area contributed by atoms with Gasteiger partial charge in [-0.1, -0.05) is 63.9 Å². The Morgan fingerprint density at radius 1 is 0.966 bits per heavy atom. The average Bonchev–Trinajstić information content (AvgIpc) is 2.68. The van der Waals surface area contributed by atoms with Crippen molar-refractivity contribution in [1.29, 1.82) is 0 Å². The minimum Gasteiger partial charge on any atom is -0.325 e. The molecule has 3 aromatic rings. The highest BCUT2D eigenvalue weighted by Gasteiger charge is 2.26.